The van der Waals surface area contributed by atoms with Gasteiger partial charge in [0, 0.05) is 22.5 Å². The Kier molecular flexibility index (Phi) is 4.57. The Morgan fingerprint density at radius 3 is 2.94 bits per heavy atom. The largest absolute Gasteiger partial charge is 0.308 e. The molecule has 2 rings (SSSR count). The zero-order chi connectivity index (χ0) is 12.8. The first-order valence-electron chi connectivity index (χ1n) is 4.97. The third-order valence-corrected chi connectivity index (χ3v) is 3.56. The van der Waals surface area contributed by atoms with Gasteiger partial charge in [-0.3, -0.25) is 10.1 Å². The van der Waals surface area contributed by atoms with Gasteiger partial charge in [-0.2, -0.15) is 0 Å². The number of hydrogen-bond acceptors (Lipinski definition) is 5. The lowest BCUT2D eigenvalue weighted by atomic mass is 10.4. The fourth-order valence-electron chi connectivity index (χ4n) is 1.11. The van der Waals surface area contributed by atoms with Crippen LogP contribution in [0.1, 0.15) is 4.88 Å². The standard InChI is InChI=1S/C11H9N3OS3/c15-9(4-3-8-2-1-6-17-8)13-10(16)14-11-12-5-7-18-11/h1-7H,(H2,12,13,14,15,16). The number of nitrogens with zero attached hydrogens (tertiary/aromatic N) is 1. The molecule has 0 aliphatic carbocycles. The van der Waals surface area contributed by atoms with E-state index >= 15 is 0 Å². The number of thiocarbonyl (C=S) groups is 1. The molecule has 2 N–H and O–H groups in total. The predicted molar refractivity (Wildman–Crippen MR) is 79.8 cm³/mol. The summed E-state index contributed by atoms with van der Waals surface area (Å²) in [7, 11) is 0. The first kappa shape index (κ1) is 12.9. The monoisotopic (exact) mass is 295 g/mol. The first-order valence-corrected chi connectivity index (χ1v) is 7.14. The Morgan fingerprint density at radius 2 is 2.28 bits per heavy atom. The second-order valence-electron chi connectivity index (χ2n) is 3.13. The third kappa shape index (κ3) is 4.02. The SMILES string of the molecule is O=C(C=Cc1cccs1)NC(=S)Nc1nccs1. The lowest BCUT2D eigenvalue weighted by Gasteiger charge is -2.04. The highest BCUT2D eigenvalue weighted by molar-refractivity contribution is 7.80. The van der Waals surface area contributed by atoms with Crippen LogP contribution in [0, 0.1) is 0 Å². The molecule has 7 heteroatoms. The average molecular weight is 295 g/mol. The van der Waals surface area contributed by atoms with Gasteiger partial charge in [-0.05, 0) is 29.7 Å². The summed E-state index contributed by atoms with van der Waals surface area (Å²) in [6, 6.07) is 3.86. The highest BCUT2D eigenvalue weighted by atomic mass is 32.1. The summed E-state index contributed by atoms with van der Waals surface area (Å²) < 4.78 is 0. The summed E-state index contributed by atoms with van der Waals surface area (Å²) in [5, 5.41) is 10.0. The van der Waals surface area contributed by atoms with E-state index in [0.717, 1.165) is 4.88 Å². The van der Waals surface area contributed by atoms with E-state index in [1.807, 2.05) is 22.9 Å². The molecule has 0 radical (unpaired) electrons. The number of nitrogens with one attached hydrogen (secondary N) is 2. The fraction of sp³-hybridized carbons (Fsp3) is 0. The molecule has 2 aromatic rings. The Hall–Kier alpha value is -1.57. The lowest BCUT2D eigenvalue weighted by molar-refractivity contribution is -0.115. The van der Waals surface area contributed by atoms with Crippen LogP contribution in [0.25, 0.3) is 6.08 Å². The number of carbonyl (C=O) groups excluding carboxylic acids is 1. The molecular formula is C11H9N3OS3. The van der Waals surface area contributed by atoms with Crippen molar-refractivity contribution in [2.24, 2.45) is 0 Å². The van der Waals surface area contributed by atoms with Crippen LogP contribution in [0.3, 0.4) is 0 Å². The number of anilines is 1. The minimum absolute atomic E-state index is 0.241. The normalized spacial score (nSPS) is 10.4. The summed E-state index contributed by atoms with van der Waals surface area (Å²) >= 11 is 7.96. The van der Waals surface area contributed by atoms with Crippen molar-refractivity contribution in [2.75, 3.05) is 5.32 Å². The topological polar surface area (TPSA) is 54.0 Å². The van der Waals surface area contributed by atoms with Gasteiger partial charge in [0.1, 0.15) is 0 Å². The maximum Gasteiger partial charge on any atom is 0.250 e. The number of carbonyl (C=O) groups is 1. The van der Waals surface area contributed by atoms with Gasteiger partial charge in [-0.25, -0.2) is 4.98 Å². The number of rotatable bonds is 3. The van der Waals surface area contributed by atoms with Crippen molar-refractivity contribution in [3.8, 4) is 0 Å². The summed E-state index contributed by atoms with van der Waals surface area (Å²) in [5.74, 6) is -0.266. The summed E-state index contributed by atoms with van der Waals surface area (Å²) in [6.07, 6.45) is 4.85. The van der Waals surface area contributed by atoms with E-state index in [0.29, 0.717) is 5.13 Å². The molecule has 0 aliphatic heterocycles. The molecule has 2 aromatic heterocycles. The van der Waals surface area contributed by atoms with Crippen LogP contribution < -0.4 is 10.6 Å². The number of amides is 1. The molecule has 1 amide bonds. The highest BCUT2D eigenvalue weighted by Crippen LogP contribution is 2.10. The Labute approximate surface area is 117 Å². The van der Waals surface area contributed by atoms with Crippen LogP contribution in [-0.2, 0) is 4.79 Å². The predicted octanol–water partition coefficient (Wildman–Crippen LogP) is 2.73. The molecule has 0 unspecified atom stereocenters. The van der Waals surface area contributed by atoms with Crippen molar-refractivity contribution >= 4 is 57.1 Å². The van der Waals surface area contributed by atoms with E-state index < -0.39 is 0 Å². The first-order chi connectivity index (χ1) is 8.74. The van der Waals surface area contributed by atoms with Gasteiger partial charge >= 0.3 is 0 Å². The second kappa shape index (κ2) is 6.39. The van der Waals surface area contributed by atoms with Crippen molar-refractivity contribution in [1.82, 2.24) is 10.3 Å². The minimum Gasteiger partial charge on any atom is -0.308 e. The molecule has 0 spiro atoms. The molecular weight excluding hydrogens is 286 g/mol. The van der Waals surface area contributed by atoms with Gasteiger partial charge in [-0.15, -0.1) is 22.7 Å². The third-order valence-electron chi connectivity index (χ3n) is 1.83. The van der Waals surface area contributed by atoms with Crippen LogP contribution in [0.2, 0.25) is 0 Å². The minimum atomic E-state index is -0.266. The van der Waals surface area contributed by atoms with E-state index in [2.05, 4.69) is 15.6 Å². The number of thiophene rings is 1. The molecule has 0 aromatic carbocycles. The fourth-order valence-corrected chi connectivity index (χ4v) is 2.52. The highest BCUT2D eigenvalue weighted by Gasteiger charge is 2.02. The van der Waals surface area contributed by atoms with Gasteiger partial charge in [0.25, 0.3) is 0 Å². The molecule has 0 saturated carbocycles. The van der Waals surface area contributed by atoms with E-state index in [9.17, 15) is 4.79 Å². The van der Waals surface area contributed by atoms with Gasteiger partial charge in [-0.1, -0.05) is 6.07 Å². The van der Waals surface area contributed by atoms with Gasteiger partial charge < -0.3 is 5.32 Å². The number of hydrogen-bond donors (Lipinski definition) is 2. The lowest BCUT2D eigenvalue weighted by Crippen LogP contribution is -2.32. The second-order valence-corrected chi connectivity index (χ2v) is 5.41. The Morgan fingerprint density at radius 1 is 1.39 bits per heavy atom. The number of aromatic nitrogens is 1. The summed E-state index contributed by atoms with van der Waals surface area (Å²) in [6.45, 7) is 0. The van der Waals surface area contributed by atoms with Crippen molar-refractivity contribution in [2.45, 2.75) is 0 Å². The molecule has 0 aliphatic rings. The Balaban J connectivity index is 1.82. The van der Waals surface area contributed by atoms with E-state index in [1.165, 1.54) is 17.4 Å². The van der Waals surface area contributed by atoms with Crippen molar-refractivity contribution in [3.05, 3.63) is 40.0 Å². The van der Waals surface area contributed by atoms with Crippen LogP contribution in [0.4, 0.5) is 5.13 Å². The molecule has 18 heavy (non-hydrogen) atoms. The number of thiazole rings is 1. The quantitative estimate of drug-likeness (QED) is 0.675. The van der Waals surface area contributed by atoms with Crippen LogP contribution in [0.15, 0.2) is 35.2 Å². The van der Waals surface area contributed by atoms with E-state index in [4.69, 9.17) is 12.2 Å². The average Bonchev–Trinajstić information content (AvgIpc) is 2.98. The molecule has 92 valence electrons. The van der Waals surface area contributed by atoms with Crippen LogP contribution in [0.5, 0.6) is 0 Å². The van der Waals surface area contributed by atoms with Crippen molar-refractivity contribution < 1.29 is 4.79 Å². The van der Waals surface area contributed by atoms with E-state index in [1.54, 1.807) is 23.6 Å². The molecule has 0 atom stereocenters. The molecule has 0 saturated heterocycles. The van der Waals surface area contributed by atoms with Crippen molar-refractivity contribution in [1.29, 1.82) is 0 Å². The molecule has 0 bridgehead atoms. The van der Waals surface area contributed by atoms with Gasteiger partial charge in [0.2, 0.25) is 5.91 Å². The molecule has 2 heterocycles. The smallest absolute Gasteiger partial charge is 0.250 e. The van der Waals surface area contributed by atoms with Gasteiger partial charge in [0.05, 0.1) is 0 Å². The maximum absolute atomic E-state index is 11.5. The zero-order valence-electron chi connectivity index (χ0n) is 9.12. The van der Waals surface area contributed by atoms with Crippen molar-refractivity contribution in [3.63, 3.8) is 0 Å². The van der Waals surface area contributed by atoms with Crippen LogP contribution >= 0.6 is 34.9 Å². The van der Waals surface area contributed by atoms with E-state index in [-0.39, 0.29) is 11.0 Å². The van der Waals surface area contributed by atoms with Gasteiger partial charge in [0.15, 0.2) is 10.2 Å². The molecule has 0 fully saturated rings. The summed E-state index contributed by atoms with van der Waals surface area (Å²) in [4.78, 5) is 16.6. The molecule has 4 nitrogen and oxygen atoms in total. The Bertz CT molecular complexity index is 546. The van der Waals surface area contributed by atoms with Crippen LogP contribution in [-0.4, -0.2) is 16.0 Å². The maximum atomic E-state index is 11.5. The summed E-state index contributed by atoms with van der Waals surface area (Å²) in [5.41, 5.74) is 0. The zero-order valence-corrected chi connectivity index (χ0v) is 11.6.